The molecule has 108 valence electrons. The number of halogens is 2. The van der Waals surface area contributed by atoms with E-state index in [1.165, 1.54) is 6.07 Å². The van der Waals surface area contributed by atoms with Crippen molar-refractivity contribution in [2.75, 3.05) is 19.1 Å². The van der Waals surface area contributed by atoms with Gasteiger partial charge in [-0.1, -0.05) is 11.8 Å². The predicted octanol–water partition coefficient (Wildman–Crippen LogP) is 3.75. The molecule has 1 aromatic carbocycles. The molecule has 20 heavy (non-hydrogen) atoms. The highest BCUT2D eigenvalue weighted by Gasteiger charge is 2.14. The second-order valence-electron chi connectivity index (χ2n) is 4.68. The number of benzene rings is 1. The van der Waals surface area contributed by atoms with Crippen LogP contribution in [0.4, 0.5) is 4.39 Å². The van der Waals surface area contributed by atoms with Gasteiger partial charge in [0, 0.05) is 25.0 Å². The van der Waals surface area contributed by atoms with E-state index >= 15 is 0 Å². The van der Waals surface area contributed by atoms with E-state index in [0.29, 0.717) is 30.2 Å². The number of hydrogen-bond acceptors (Lipinski definition) is 2. The van der Waals surface area contributed by atoms with Crippen LogP contribution in [0.1, 0.15) is 31.2 Å². The Morgan fingerprint density at radius 1 is 1.40 bits per heavy atom. The summed E-state index contributed by atoms with van der Waals surface area (Å²) in [6.07, 6.45) is 3.95. The summed E-state index contributed by atoms with van der Waals surface area (Å²) >= 11 is 5.52. The summed E-state index contributed by atoms with van der Waals surface area (Å²) in [4.78, 5) is 0. The normalized spacial score (nSPS) is 18.2. The van der Waals surface area contributed by atoms with E-state index in [2.05, 4.69) is 11.8 Å². The topological polar surface area (TPSA) is 18.5 Å². The van der Waals surface area contributed by atoms with Gasteiger partial charge in [-0.3, -0.25) is 0 Å². The number of rotatable bonds is 4. The Kier molecular flexibility index (Phi) is 6.17. The molecule has 1 fully saturated rings. The average Bonchev–Trinajstić information content (AvgIpc) is 2.48. The molecule has 0 spiro atoms. The van der Waals surface area contributed by atoms with Crippen LogP contribution >= 0.6 is 11.6 Å². The van der Waals surface area contributed by atoms with E-state index in [0.717, 1.165) is 25.9 Å². The summed E-state index contributed by atoms with van der Waals surface area (Å²) in [5.74, 6) is 6.17. The molecule has 0 aromatic heterocycles. The van der Waals surface area contributed by atoms with Gasteiger partial charge in [0.1, 0.15) is 18.2 Å². The Morgan fingerprint density at radius 2 is 2.30 bits per heavy atom. The van der Waals surface area contributed by atoms with E-state index in [1.807, 2.05) is 0 Å². The maximum atomic E-state index is 13.8. The Morgan fingerprint density at radius 3 is 3.00 bits per heavy atom. The molecule has 0 radical (unpaired) electrons. The van der Waals surface area contributed by atoms with Gasteiger partial charge in [0.05, 0.1) is 11.7 Å². The molecule has 1 atom stereocenters. The molecule has 1 heterocycles. The molecule has 1 aliphatic rings. The Hall–Kier alpha value is -1.24. The van der Waals surface area contributed by atoms with Crippen LogP contribution in [-0.4, -0.2) is 25.2 Å². The standard InChI is InChI=1S/C16H18ClFO2/c17-9-3-1-5-13-7-8-14(11-16(13)18)20-12-15-6-2-4-10-19-15/h7-8,11,15H,2-4,6,9-10,12H2. The minimum atomic E-state index is -0.367. The van der Waals surface area contributed by atoms with Crippen LogP contribution in [0.5, 0.6) is 5.75 Å². The molecule has 4 heteroatoms. The van der Waals surface area contributed by atoms with Crippen LogP contribution in [0.3, 0.4) is 0 Å². The quantitative estimate of drug-likeness (QED) is 0.622. The summed E-state index contributed by atoms with van der Waals surface area (Å²) in [5, 5.41) is 0. The largest absolute Gasteiger partial charge is 0.491 e. The van der Waals surface area contributed by atoms with Gasteiger partial charge in [-0.15, -0.1) is 11.6 Å². The summed E-state index contributed by atoms with van der Waals surface area (Å²) in [5.41, 5.74) is 0.372. The van der Waals surface area contributed by atoms with Gasteiger partial charge in [-0.2, -0.15) is 0 Å². The smallest absolute Gasteiger partial charge is 0.142 e. The van der Waals surface area contributed by atoms with Crippen molar-refractivity contribution in [3.8, 4) is 17.6 Å². The van der Waals surface area contributed by atoms with Crippen LogP contribution in [-0.2, 0) is 4.74 Å². The molecule has 0 N–H and O–H groups in total. The number of hydrogen-bond donors (Lipinski definition) is 0. The summed E-state index contributed by atoms with van der Waals surface area (Å²) in [7, 11) is 0. The van der Waals surface area contributed by atoms with Gasteiger partial charge in [0.25, 0.3) is 0 Å². The Bertz CT molecular complexity index is 487. The van der Waals surface area contributed by atoms with Gasteiger partial charge in [-0.25, -0.2) is 4.39 Å². The van der Waals surface area contributed by atoms with Gasteiger partial charge in [0.2, 0.25) is 0 Å². The van der Waals surface area contributed by atoms with Gasteiger partial charge < -0.3 is 9.47 Å². The van der Waals surface area contributed by atoms with Crippen LogP contribution in [0.2, 0.25) is 0 Å². The van der Waals surface area contributed by atoms with E-state index in [4.69, 9.17) is 21.1 Å². The molecule has 1 aliphatic heterocycles. The first-order valence-electron chi connectivity index (χ1n) is 6.88. The van der Waals surface area contributed by atoms with Crippen molar-refractivity contribution in [1.82, 2.24) is 0 Å². The lowest BCUT2D eigenvalue weighted by Gasteiger charge is -2.22. The fourth-order valence-electron chi connectivity index (χ4n) is 2.02. The molecular weight excluding hydrogens is 279 g/mol. The second kappa shape index (κ2) is 8.14. The monoisotopic (exact) mass is 296 g/mol. The van der Waals surface area contributed by atoms with E-state index in [9.17, 15) is 4.39 Å². The first-order chi connectivity index (χ1) is 9.79. The third-order valence-electron chi connectivity index (χ3n) is 3.09. The molecule has 0 amide bonds. The van der Waals surface area contributed by atoms with E-state index in [-0.39, 0.29) is 11.9 Å². The molecule has 2 nitrogen and oxygen atoms in total. The highest BCUT2D eigenvalue weighted by atomic mass is 35.5. The third kappa shape index (κ3) is 4.70. The van der Waals surface area contributed by atoms with Crippen molar-refractivity contribution in [3.05, 3.63) is 29.6 Å². The summed E-state index contributed by atoms with van der Waals surface area (Å²) < 4.78 is 24.9. The van der Waals surface area contributed by atoms with Crippen molar-refractivity contribution < 1.29 is 13.9 Å². The molecule has 0 saturated carbocycles. The maximum Gasteiger partial charge on any atom is 0.142 e. The lowest BCUT2D eigenvalue weighted by Crippen LogP contribution is -2.25. The molecule has 2 rings (SSSR count). The van der Waals surface area contributed by atoms with Crippen LogP contribution in [0, 0.1) is 17.7 Å². The molecule has 1 saturated heterocycles. The van der Waals surface area contributed by atoms with Crippen LogP contribution in [0.15, 0.2) is 18.2 Å². The van der Waals surface area contributed by atoms with Crippen molar-refractivity contribution in [1.29, 1.82) is 0 Å². The SMILES string of the molecule is Fc1cc(OCC2CCCCO2)ccc1C#CCCCl. The highest BCUT2D eigenvalue weighted by molar-refractivity contribution is 6.18. The lowest BCUT2D eigenvalue weighted by atomic mass is 10.1. The summed E-state index contributed by atoms with van der Waals surface area (Å²) in [6.45, 7) is 1.26. The summed E-state index contributed by atoms with van der Waals surface area (Å²) in [6, 6.07) is 4.73. The highest BCUT2D eigenvalue weighted by Crippen LogP contribution is 2.18. The van der Waals surface area contributed by atoms with Gasteiger partial charge in [0.15, 0.2) is 0 Å². The average molecular weight is 297 g/mol. The lowest BCUT2D eigenvalue weighted by molar-refractivity contribution is -0.0111. The minimum Gasteiger partial charge on any atom is -0.491 e. The maximum absolute atomic E-state index is 13.8. The fourth-order valence-corrected chi connectivity index (χ4v) is 2.11. The second-order valence-corrected chi connectivity index (χ2v) is 5.06. The zero-order valence-electron chi connectivity index (χ0n) is 11.3. The zero-order chi connectivity index (χ0) is 14.2. The van der Waals surface area contributed by atoms with Gasteiger partial charge in [-0.05, 0) is 31.4 Å². The van der Waals surface area contributed by atoms with E-state index in [1.54, 1.807) is 12.1 Å². The Balaban J connectivity index is 1.90. The first-order valence-corrected chi connectivity index (χ1v) is 7.42. The van der Waals surface area contributed by atoms with Crippen molar-refractivity contribution in [2.45, 2.75) is 31.8 Å². The molecule has 1 aromatic rings. The van der Waals surface area contributed by atoms with Crippen molar-refractivity contribution >= 4 is 11.6 Å². The van der Waals surface area contributed by atoms with Crippen molar-refractivity contribution in [2.24, 2.45) is 0 Å². The van der Waals surface area contributed by atoms with Crippen LogP contribution < -0.4 is 4.74 Å². The first kappa shape index (κ1) is 15.2. The third-order valence-corrected chi connectivity index (χ3v) is 3.28. The molecule has 0 aliphatic carbocycles. The minimum absolute atomic E-state index is 0.120. The number of ether oxygens (including phenoxy) is 2. The van der Waals surface area contributed by atoms with Crippen LogP contribution in [0.25, 0.3) is 0 Å². The van der Waals surface area contributed by atoms with Crippen molar-refractivity contribution in [3.63, 3.8) is 0 Å². The zero-order valence-corrected chi connectivity index (χ0v) is 12.1. The Labute approximate surface area is 124 Å². The molecule has 1 unspecified atom stereocenters. The number of alkyl halides is 1. The van der Waals surface area contributed by atoms with Gasteiger partial charge >= 0.3 is 0 Å². The fraction of sp³-hybridized carbons (Fsp3) is 0.500. The predicted molar refractivity (Wildman–Crippen MR) is 77.7 cm³/mol. The molecule has 0 bridgehead atoms. The van der Waals surface area contributed by atoms with E-state index < -0.39 is 0 Å². The molecular formula is C16H18ClFO2.